The van der Waals surface area contributed by atoms with Gasteiger partial charge < -0.3 is 15.3 Å². The van der Waals surface area contributed by atoms with Crippen LogP contribution in [0, 0.1) is 0 Å². The van der Waals surface area contributed by atoms with Gasteiger partial charge in [-0.2, -0.15) is 0 Å². The lowest BCUT2D eigenvalue weighted by Gasteiger charge is -2.38. The normalized spacial score (nSPS) is 15.4. The van der Waals surface area contributed by atoms with Crippen molar-refractivity contribution in [1.29, 1.82) is 0 Å². The number of hydrogen-bond donors (Lipinski definition) is 2. The highest BCUT2D eigenvalue weighted by Gasteiger charge is 2.30. The maximum absolute atomic E-state index is 12.5. The van der Waals surface area contributed by atoms with Crippen molar-refractivity contribution < 1.29 is 14.7 Å². The summed E-state index contributed by atoms with van der Waals surface area (Å²) in [5, 5.41) is 11.7. The molecular formula is C20H22N2O3. The maximum atomic E-state index is 12.5. The molecule has 1 aliphatic rings. The molecule has 5 nitrogen and oxygen atoms in total. The molecule has 0 fully saturated rings. The Kier molecular flexibility index (Phi) is 4.25. The predicted octanol–water partition coefficient (Wildman–Crippen LogP) is 3.75. The van der Waals surface area contributed by atoms with E-state index < -0.39 is 5.97 Å². The van der Waals surface area contributed by atoms with E-state index in [1.807, 2.05) is 25.2 Å². The van der Waals surface area contributed by atoms with Crippen LogP contribution < -0.4 is 10.2 Å². The minimum Gasteiger partial charge on any atom is -0.478 e. The highest BCUT2D eigenvalue weighted by molar-refractivity contribution is 6.05. The van der Waals surface area contributed by atoms with Crippen molar-refractivity contribution in [1.82, 2.24) is 0 Å². The summed E-state index contributed by atoms with van der Waals surface area (Å²) < 4.78 is 0. The highest BCUT2D eigenvalue weighted by atomic mass is 16.4. The molecule has 0 aromatic heterocycles. The Hall–Kier alpha value is -2.82. The molecule has 0 unspecified atom stereocenters. The van der Waals surface area contributed by atoms with Crippen LogP contribution in [0.1, 0.15) is 46.5 Å². The summed E-state index contributed by atoms with van der Waals surface area (Å²) >= 11 is 0. The fraction of sp³-hybridized carbons (Fsp3) is 0.300. The smallest absolute Gasteiger partial charge is 0.335 e. The SMILES string of the molecule is CN1CCC(C)(C)c2ccc(C(=O)Nc3ccc(C(=O)O)cc3)cc21. The molecule has 0 atom stereocenters. The zero-order valence-electron chi connectivity index (χ0n) is 14.7. The van der Waals surface area contributed by atoms with Crippen LogP contribution in [-0.4, -0.2) is 30.6 Å². The maximum Gasteiger partial charge on any atom is 0.335 e. The van der Waals surface area contributed by atoms with Gasteiger partial charge in [0.05, 0.1) is 5.56 Å². The largest absolute Gasteiger partial charge is 0.478 e. The lowest BCUT2D eigenvalue weighted by molar-refractivity contribution is 0.0696. The van der Waals surface area contributed by atoms with Crippen LogP contribution in [0.15, 0.2) is 42.5 Å². The van der Waals surface area contributed by atoms with Crippen LogP contribution in [0.5, 0.6) is 0 Å². The van der Waals surface area contributed by atoms with E-state index in [-0.39, 0.29) is 16.9 Å². The summed E-state index contributed by atoms with van der Waals surface area (Å²) in [6, 6.07) is 11.9. The molecule has 2 aromatic rings. The van der Waals surface area contributed by atoms with Gasteiger partial charge >= 0.3 is 5.97 Å². The van der Waals surface area contributed by atoms with E-state index >= 15 is 0 Å². The molecule has 0 radical (unpaired) electrons. The van der Waals surface area contributed by atoms with Gasteiger partial charge in [0.15, 0.2) is 0 Å². The Bertz CT molecular complexity index is 825. The third-order valence-corrected chi connectivity index (χ3v) is 4.86. The average molecular weight is 338 g/mol. The van der Waals surface area contributed by atoms with Gasteiger partial charge in [0.1, 0.15) is 0 Å². The first-order chi connectivity index (χ1) is 11.8. The number of carboxylic acids is 1. The minimum absolute atomic E-state index is 0.101. The van der Waals surface area contributed by atoms with Gasteiger partial charge in [-0.05, 0) is 53.8 Å². The molecule has 0 spiro atoms. The summed E-state index contributed by atoms with van der Waals surface area (Å²) in [7, 11) is 2.04. The fourth-order valence-electron chi connectivity index (χ4n) is 3.16. The van der Waals surface area contributed by atoms with Gasteiger partial charge in [-0.1, -0.05) is 19.9 Å². The average Bonchev–Trinajstić information content (AvgIpc) is 2.58. The second-order valence-corrected chi connectivity index (χ2v) is 7.12. The summed E-state index contributed by atoms with van der Waals surface area (Å²) in [6.45, 7) is 5.41. The summed E-state index contributed by atoms with van der Waals surface area (Å²) in [6.07, 6.45) is 1.08. The number of amides is 1. The van der Waals surface area contributed by atoms with Crippen LogP contribution in [-0.2, 0) is 5.41 Å². The molecule has 0 aliphatic carbocycles. The van der Waals surface area contributed by atoms with Crippen molar-refractivity contribution in [3.63, 3.8) is 0 Å². The van der Waals surface area contributed by atoms with Crippen molar-refractivity contribution in [3.05, 3.63) is 59.2 Å². The number of carbonyl (C=O) groups excluding carboxylic acids is 1. The molecule has 1 amide bonds. The van der Waals surface area contributed by atoms with Gasteiger partial charge in [-0.25, -0.2) is 4.79 Å². The molecule has 3 rings (SSSR count). The molecule has 130 valence electrons. The third kappa shape index (κ3) is 3.36. The number of anilines is 2. The molecule has 5 heteroatoms. The summed E-state index contributed by atoms with van der Waals surface area (Å²) in [5.74, 6) is -1.19. The molecule has 1 heterocycles. The second-order valence-electron chi connectivity index (χ2n) is 7.12. The number of hydrogen-bond acceptors (Lipinski definition) is 3. The topological polar surface area (TPSA) is 69.6 Å². The van der Waals surface area contributed by atoms with Crippen molar-refractivity contribution in [2.24, 2.45) is 0 Å². The van der Waals surface area contributed by atoms with Crippen molar-refractivity contribution in [2.45, 2.75) is 25.7 Å². The minimum atomic E-state index is -0.988. The zero-order valence-corrected chi connectivity index (χ0v) is 14.7. The molecule has 0 bridgehead atoms. The number of aromatic carboxylic acids is 1. The Morgan fingerprint density at radius 3 is 2.36 bits per heavy atom. The Morgan fingerprint density at radius 1 is 1.08 bits per heavy atom. The van der Waals surface area contributed by atoms with Crippen molar-refractivity contribution in [2.75, 3.05) is 23.8 Å². The van der Waals surface area contributed by atoms with E-state index in [4.69, 9.17) is 5.11 Å². The van der Waals surface area contributed by atoms with Crippen LogP contribution in [0.3, 0.4) is 0 Å². The van der Waals surface area contributed by atoms with Crippen LogP contribution in [0.25, 0.3) is 0 Å². The van der Waals surface area contributed by atoms with Crippen molar-refractivity contribution >= 4 is 23.3 Å². The standard InChI is InChI=1S/C20H22N2O3/c1-20(2)10-11-22(3)17-12-14(6-9-16(17)20)18(23)21-15-7-4-13(5-8-15)19(24)25/h4-9,12H,10-11H2,1-3H3,(H,21,23)(H,24,25). The lowest BCUT2D eigenvalue weighted by Crippen LogP contribution is -2.35. The zero-order chi connectivity index (χ0) is 18.2. The van der Waals surface area contributed by atoms with Gasteiger partial charge in [-0.15, -0.1) is 0 Å². The quantitative estimate of drug-likeness (QED) is 0.894. The van der Waals surface area contributed by atoms with Gasteiger partial charge in [-0.3, -0.25) is 4.79 Å². The van der Waals surface area contributed by atoms with E-state index in [0.29, 0.717) is 11.3 Å². The van der Waals surface area contributed by atoms with E-state index in [2.05, 4.69) is 24.1 Å². The van der Waals surface area contributed by atoms with Gasteiger partial charge in [0.25, 0.3) is 5.91 Å². The highest BCUT2D eigenvalue weighted by Crippen LogP contribution is 2.39. The van der Waals surface area contributed by atoms with Gasteiger partial charge in [0, 0.05) is 30.5 Å². The first kappa shape index (κ1) is 17.0. The lowest BCUT2D eigenvalue weighted by atomic mass is 9.77. The van der Waals surface area contributed by atoms with Crippen LogP contribution in [0.4, 0.5) is 11.4 Å². The summed E-state index contributed by atoms with van der Waals surface area (Å²) in [5.41, 5.74) is 3.79. The Balaban J connectivity index is 1.83. The van der Waals surface area contributed by atoms with Crippen molar-refractivity contribution in [3.8, 4) is 0 Å². The molecule has 0 saturated heterocycles. The Labute approximate surface area is 147 Å². The molecule has 0 saturated carbocycles. The first-order valence-corrected chi connectivity index (χ1v) is 8.28. The van der Waals surface area contributed by atoms with Crippen LogP contribution >= 0.6 is 0 Å². The molecule has 25 heavy (non-hydrogen) atoms. The Morgan fingerprint density at radius 2 is 1.72 bits per heavy atom. The van der Waals surface area contributed by atoms with E-state index in [0.717, 1.165) is 18.7 Å². The fourth-order valence-corrected chi connectivity index (χ4v) is 3.16. The monoisotopic (exact) mass is 338 g/mol. The number of benzene rings is 2. The number of fused-ring (bicyclic) bond motifs is 1. The second kappa shape index (κ2) is 6.24. The number of carboxylic acid groups (broad SMARTS) is 1. The molecule has 2 aromatic carbocycles. The molecule has 1 aliphatic heterocycles. The number of carbonyl (C=O) groups is 2. The molecular weight excluding hydrogens is 316 g/mol. The van der Waals surface area contributed by atoms with E-state index in [1.54, 1.807) is 12.1 Å². The predicted molar refractivity (Wildman–Crippen MR) is 98.7 cm³/mol. The van der Waals surface area contributed by atoms with E-state index in [9.17, 15) is 9.59 Å². The third-order valence-electron chi connectivity index (χ3n) is 4.86. The van der Waals surface area contributed by atoms with E-state index in [1.165, 1.54) is 17.7 Å². The number of rotatable bonds is 3. The van der Waals surface area contributed by atoms with Gasteiger partial charge in [0.2, 0.25) is 0 Å². The summed E-state index contributed by atoms with van der Waals surface area (Å²) in [4.78, 5) is 25.6. The van der Waals surface area contributed by atoms with Crippen LogP contribution in [0.2, 0.25) is 0 Å². The first-order valence-electron chi connectivity index (χ1n) is 8.28. The number of nitrogens with one attached hydrogen (secondary N) is 1. The number of nitrogens with zero attached hydrogens (tertiary/aromatic N) is 1. The molecule has 2 N–H and O–H groups in total.